The SMILES string of the molecule is CCC.CCn1c(CN(/C=C\N)Cc2ccn[nH]2)nc2cc(C#N)ccc21. The molecule has 2 heterocycles. The number of aromatic nitrogens is 4. The summed E-state index contributed by atoms with van der Waals surface area (Å²) in [5, 5.41) is 16.0. The number of aromatic amines is 1. The van der Waals surface area contributed by atoms with Crippen LogP contribution < -0.4 is 5.73 Å². The molecule has 0 aliphatic rings. The van der Waals surface area contributed by atoms with Crippen LogP contribution in [-0.2, 0) is 19.6 Å². The Hall–Kier alpha value is -3.27. The molecule has 0 saturated carbocycles. The molecule has 7 heteroatoms. The molecule has 0 bridgehead atoms. The fourth-order valence-electron chi connectivity index (χ4n) is 2.78. The van der Waals surface area contributed by atoms with E-state index in [0.29, 0.717) is 18.7 Å². The van der Waals surface area contributed by atoms with Gasteiger partial charge in [-0.05, 0) is 31.2 Å². The van der Waals surface area contributed by atoms with Crippen molar-refractivity contribution in [1.82, 2.24) is 24.6 Å². The summed E-state index contributed by atoms with van der Waals surface area (Å²) in [5.74, 6) is 0.931. The first-order valence-electron chi connectivity index (χ1n) is 9.16. The summed E-state index contributed by atoms with van der Waals surface area (Å²) >= 11 is 0. The van der Waals surface area contributed by atoms with E-state index in [0.717, 1.165) is 29.1 Å². The second-order valence-electron chi connectivity index (χ2n) is 6.12. The maximum atomic E-state index is 9.06. The first-order valence-corrected chi connectivity index (χ1v) is 9.16. The fourth-order valence-corrected chi connectivity index (χ4v) is 2.78. The highest BCUT2D eigenvalue weighted by Crippen LogP contribution is 2.19. The quantitative estimate of drug-likeness (QED) is 0.696. The van der Waals surface area contributed by atoms with Gasteiger partial charge in [0.15, 0.2) is 0 Å². The van der Waals surface area contributed by atoms with E-state index in [-0.39, 0.29) is 0 Å². The van der Waals surface area contributed by atoms with Gasteiger partial charge in [0.05, 0.1) is 41.4 Å². The van der Waals surface area contributed by atoms with Crippen LogP contribution in [0.15, 0.2) is 42.9 Å². The van der Waals surface area contributed by atoms with Crippen molar-refractivity contribution in [3.63, 3.8) is 0 Å². The van der Waals surface area contributed by atoms with E-state index in [4.69, 9.17) is 16.0 Å². The molecule has 7 nitrogen and oxygen atoms in total. The number of hydrogen-bond acceptors (Lipinski definition) is 5. The van der Waals surface area contributed by atoms with Gasteiger partial charge in [-0.2, -0.15) is 10.4 Å². The van der Waals surface area contributed by atoms with Gasteiger partial charge in [-0.25, -0.2) is 4.98 Å². The lowest BCUT2D eigenvalue weighted by Gasteiger charge is -2.19. The Balaban J connectivity index is 0.000000817. The molecular weight excluding hydrogens is 338 g/mol. The van der Waals surface area contributed by atoms with Crippen LogP contribution in [0, 0.1) is 11.3 Å². The standard InChI is InChI=1S/C17H19N7.C3H8/c1-2-24-16-4-3-13(10-19)9-15(16)21-17(24)12-23(8-6-18)11-14-5-7-20-22-14;1-3-2/h3-9H,2,11-12,18H2,1H3,(H,20,22);3H2,1-2H3/b8-6-;. The summed E-state index contributed by atoms with van der Waals surface area (Å²) in [6.45, 7) is 8.41. The minimum absolute atomic E-state index is 0.608. The molecule has 3 rings (SSSR count). The van der Waals surface area contributed by atoms with Crippen molar-refractivity contribution in [2.24, 2.45) is 5.73 Å². The van der Waals surface area contributed by atoms with Gasteiger partial charge >= 0.3 is 0 Å². The van der Waals surface area contributed by atoms with Gasteiger partial charge in [0.2, 0.25) is 0 Å². The number of H-pyrrole nitrogens is 1. The highest BCUT2D eigenvalue weighted by atomic mass is 15.2. The number of nitrogens with zero attached hydrogens (tertiary/aromatic N) is 5. The van der Waals surface area contributed by atoms with E-state index in [9.17, 15) is 0 Å². The summed E-state index contributed by atoms with van der Waals surface area (Å²) in [7, 11) is 0. The minimum Gasteiger partial charge on any atom is -0.403 e. The minimum atomic E-state index is 0.608. The summed E-state index contributed by atoms with van der Waals surface area (Å²) in [4.78, 5) is 6.77. The van der Waals surface area contributed by atoms with E-state index < -0.39 is 0 Å². The van der Waals surface area contributed by atoms with Gasteiger partial charge in [-0.3, -0.25) is 5.10 Å². The Morgan fingerprint density at radius 2 is 2.04 bits per heavy atom. The Labute approximate surface area is 160 Å². The average Bonchev–Trinajstić information content (AvgIpc) is 3.28. The van der Waals surface area contributed by atoms with Crippen LogP contribution >= 0.6 is 0 Å². The lowest BCUT2D eigenvalue weighted by Crippen LogP contribution is -2.20. The molecule has 0 spiro atoms. The monoisotopic (exact) mass is 365 g/mol. The first kappa shape index (κ1) is 20.0. The van der Waals surface area contributed by atoms with Crippen LogP contribution in [0.2, 0.25) is 0 Å². The number of aryl methyl sites for hydroxylation is 1. The molecule has 0 radical (unpaired) electrons. The zero-order valence-corrected chi connectivity index (χ0v) is 16.2. The molecule has 2 aromatic heterocycles. The molecule has 0 amide bonds. The first-order chi connectivity index (χ1) is 13.2. The van der Waals surface area contributed by atoms with E-state index in [1.54, 1.807) is 6.20 Å². The number of rotatable bonds is 6. The number of imidazole rings is 1. The maximum absolute atomic E-state index is 9.06. The highest BCUT2D eigenvalue weighted by molar-refractivity contribution is 5.77. The predicted octanol–water partition coefficient (Wildman–Crippen LogP) is 3.50. The smallest absolute Gasteiger partial charge is 0.129 e. The van der Waals surface area contributed by atoms with Crippen LogP contribution in [0.4, 0.5) is 0 Å². The molecule has 0 unspecified atom stereocenters. The van der Waals surface area contributed by atoms with Gasteiger partial charge in [0.25, 0.3) is 0 Å². The third kappa shape index (κ3) is 5.11. The molecule has 142 valence electrons. The zero-order chi connectivity index (χ0) is 19.6. The molecule has 0 aliphatic heterocycles. The van der Waals surface area contributed by atoms with Crippen molar-refractivity contribution in [1.29, 1.82) is 5.26 Å². The van der Waals surface area contributed by atoms with Gasteiger partial charge in [-0.15, -0.1) is 0 Å². The van der Waals surface area contributed by atoms with E-state index in [1.165, 1.54) is 12.6 Å². The average molecular weight is 365 g/mol. The summed E-state index contributed by atoms with van der Waals surface area (Å²) < 4.78 is 2.15. The molecular formula is C20H27N7. The van der Waals surface area contributed by atoms with Crippen LogP contribution in [0.1, 0.15) is 44.3 Å². The van der Waals surface area contributed by atoms with Crippen molar-refractivity contribution >= 4 is 11.0 Å². The van der Waals surface area contributed by atoms with Crippen LogP contribution in [-0.4, -0.2) is 24.6 Å². The number of nitrogens with one attached hydrogen (secondary N) is 1. The summed E-state index contributed by atoms with van der Waals surface area (Å²) in [6.07, 6.45) is 6.33. The van der Waals surface area contributed by atoms with E-state index in [1.807, 2.05) is 30.5 Å². The number of fused-ring (bicyclic) bond motifs is 1. The second kappa shape index (κ2) is 10.0. The molecule has 0 atom stereocenters. The van der Waals surface area contributed by atoms with Crippen LogP contribution in [0.5, 0.6) is 0 Å². The van der Waals surface area contributed by atoms with Crippen LogP contribution in [0.25, 0.3) is 11.0 Å². The van der Waals surface area contributed by atoms with Gasteiger partial charge < -0.3 is 15.2 Å². The lowest BCUT2D eigenvalue weighted by atomic mass is 10.2. The van der Waals surface area contributed by atoms with E-state index in [2.05, 4.69) is 46.5 Å². The van der Waals surface area contributed by atoms with Gasteiger partial charge in [0, 0.05) is 25.1 Å². The molecule has 0 fully saturated rings. The van der Waals surface area contributed by atoms with Crippen molar-refractivity contribution in [2.45, 2.75) is 46.8 Å². The Kier molecular flexibility index (Phi) is 7.44. The third-order valence-corrected chi connectivity index (χ3v) is 3.85. The van der Waals surface area contributed by atoms with Gasteiger partial charge in [-0.1, -0.05) is 20.3 Å². The zero-order valence-electron chi connectivity index (χ0n) is 16.2. The number of hydrogen-bond donors (Lipinski definition) is 2. The molecule has 1 aromatic carbocycles. The number of nitriles is 1. The van der Waals surface area contributed by atoms with E-state index >= 15 is 0 Å². The molecule has 0 aliphatic carbocycles. The topological polar surface area (TPSA) is 99.5 Å². The second-order valence-corrected chi connectivity index (χ2v) is 6.12. The number of nitrogens with two attached hydrogens (primary N) is 1. The van der Waals surface area contributed by atoms with Crippen molar-refractivity contribution in [2.75, 3.05) is 0 Å². The molecule has 27 heavy (non-hydrogen) atoms. The highest BCUT2D eigenvalue weighted by Gasteiger charge is 2.13. The van der Waals surface area contributed by atoms with Crippen molar-refractivity contribution in [3.05, 3.63) is 59.9 Å². The fraction of sp³-hybridized carbons (Fsp3) is 0.350. The summed E-state index contributed by atoms with van der Waals surface area (Å²) in [5.41, 5.74) is 9.07. The third-order valence-electron chi connectivity index (χ3n) is 3.85. The number of benzene rings is 1. The lowest BCUT2D eigenvalue weighted by molar-refractivity contribution is 0.341. The largest absolute Gasteiger partial charge is 0.403 e. The predicted molar refractivity (Wildman–Crippen MR) is 107 cm³/mol. The Morgan fingerprint density at radius 3 is 2.63 bits per heavy atom. The maximum Gasteiger partial charge on any atom is 0.129 e. The van der Waals surface area contributed by atoms with Crippen LogP contribution in [0.3, 0.4) is 0 Å². The normalized spacial score (nSPS) is 10.6. The molecule has 3 aromatic rings. The summed E-state index contributed by atoms with van der Waals surface area (Å²) in [6, 6.07) is 9.68. The van der Waals surface area contributed by atoms with Crippen molar-refractivity contribution < 1.29 is 0 Å². The Bertz CT molecular complexity index is 900. The van der Waals surface area contributed by atoms with Gasteiger partial charge in [0.1, 0.15) is 5.82 Å². The molecule has 0 saturated heterocycles. The van der Waals surface area contributed by atoms with Crippen molar-refractivity contribution in [3.8, 4) is 6.07 Å². The Morgan fingerprint density at radius 1 is 1.26 bits per heavy atom. The molecule has 3 N–H and O–H groups in total.